The van der Waals surface area contributed by atoms with E-state index >= 15 is 0 Å². The van der Waals surface area contributed by atoms with E-state index in [0.717, 1.165) is 0 Å². The van der Waals surface area contributed by atoms with Gasteiger partial charge in [0.25, 0.3) is 0 Å². The Morgan fingerprint density at radius 2 is 1.81 bits per heavy atom. The van der Waals surface area contributed by atoms with Crippen molar-refractivity contribution in [3.05, 3.63) is 5.41 Å². The summed E-state index contributed by atoms with van der Waals surface area (Å²) in [5.41, 5.74) is 1.12. The molecule has 2 atom stereocenters. The summed E-state index contributed by atoms with van der Waals surface area (Å²) < 4.78 is 0. The van der Waals surface area contributed by atoms with Gasteiger partial charge in [0.2, 0.25) is 6.08 Å². The molecular formula is C12H17N2O2-. The van der Waals surface area contributed by atoms with Crippen molar-refractivity contribution in [2.24, 2.45) is 21.2 Å². The zero-order valence-electron chi connectivity index (χ0n) is 10.0. The van der Waals surface area contributed by atoms with Crippen LogP contribution in [0.15, 0.2) is 4.99 Å². The van der Waals surface area contributed by atoms with E-state index in [1.54, 1.807) is 6.08 Å². The first-order chi connectivity index (χ1) is 7.43. The van der Waals surface area contributed by atoms with Crippen LogP contribution in [0, 0.1) is 16.2 Å². The van der Waals surface area contributed by atoms with Crippen molar-refractivity contribution in [1.82, 2.24) is 0 Å². The van der Waals surface area contributed by atoms with Crippen molar-refractivity contribution in [1.29, 1.82) is 0 Å². The van der Waals surface area contributed by atoms with Crippen LogP contribution in [-0.2, 0) is 9.59 Å². The van der Waals surface area contributed by atoms with E-state index in [0.29, 0.717) is 28.9 Å². The predicted molar refractivity (Wildman–Crippen MR) is 60.2 cm³/mol. The number of hydrogen-bond donors (Lipinski definition) is 0. The maximum Gasteiger partial charge on any atom is 0.234 e. The lowest BCUT2D eigenvalue weighted by molar-refractivity contribution is 0.357. The number of fused-ring (bicyclic) bond motifs is 1. The average Bonchev–Trinajstić information content (AvgIpc) is 2.50. The maximum atomic E-state index is 10.1. The lowest BCUT2D eigenvalue weighted by atomic mass is 9.90. The molecule has 2 unspecified atom stereocenters. The third-order valence-corrected chi connectivity index (χ3v) is 5.26. The molecule has 0 amide bonds. The molecule has 4 heteroatoms. The van der Waals surface area contributed by atoms with E-state index in [4.69, 9.17) is 10.2 Å². The second-order valence-corrected chi connectivity index (χ2v) is 5.39. The van der Waals surface area contributed by atoms with Crippen LogP contribution in [0.25, 0.3) is 5.41 Å². The van der Waals surface area contributed by atoms with Gasteiger partial charge < -0.3 is 5.41 Å². The predicted octanol–water partition coefficient (Wildman–Crippen LogP) is 2.43. The van der Waals surface area contributed by atoms with Crippen LogP contribution in [0.4, 0.5) is 0 Å². The van der Waals surface area contributed by atoms with Gasteiger partial charge in [-0.25, -0.2) is 9.79 Å². The molecule has 0 aromatic heterocycles. The first-order valence-electron chi connectivity index (χ1n) is 5.48. The number of rotatable bonds is 2. The monoisotopic (exact) mass is 221 g/mol. The summed E-state index contributed by atoms with van der Waals surface area (Å²) in [6.45, 7) is 7.67. The molecule has 0 N–H and O–H groups in total. The summed E-state index contributed by atoms with van der Waals surface area (Å²) in [5.74, 6) is 0. The van der Waals surface area contributed by atoms with Crippen LogP contribution in [0.1, 0.15) is 40.0 Å². The van der Waals surface area contributed by atoms with Gasteiger partial charge in [-0.3, -0.25) is 4.79 Å². The summed E-state index contributed by atoms with van der Waals surface area (Å²) in [6, 6.07) is 0. The highest BCUT2D eigenvalue weighted by atomic mass is 16.1. The molecule has 0 heterocycles. The molecule has 0 aliphatic heterocycles. The van der Waals surface area contributed by atoms with Gasteiger partial charge >= 0.3 is 0 Å². The number of isocyanates is 2. The largest absolute Gasteiger partial charge is 0.724 e. The number of hydrogen-bond acceptors (Lipinski definition) is 3. The fourth-order valence-electron chi connectivity index (χ4n) is 3.90. The quantitative estimate of drug-likeness (QED) is 0.530. The van der Waals surface area contributed by atoms with Gasteiger partial charge in [-0.15, -0.1) is 0 Å². The van der Waals surface area contributed by atoms with E-state index in [9.17, 15) is 4.79 Å². The summed E-state index contributed by atoms with van der Waals surface area (Å²) in [7, 11) is 0. The molecule has 88 valence electrons. The zero-order chi connectivity index (χ0) is 12.4. The fraction of sp³-hybridized carbons (Fsp3) is 0.833. The Bertz CT molecular complexity index is 365. The molecule has 0 aromatic rings. The summed E-state index contributed by atoms with van der Waals surface area (Å²) in [6.07, 6.45) is 6.01. The van der Waals surface area contributed by atoms with Crippen molar-refractivity contribution in [3.63, 3.8) is 0 Å². The van der Waals surface area contributed by atoms with Crippen molar-refractivity contribution in [2.45, 2.75) is 40.0 Å². The molecule has 0 saturated heterocycles. The molecule has 2 aliphatic carbocycles. The molecule has 16 heavy (non-hydrogen) atoms. The first kappa shape index (κ1) is 12.8. The van der Waals surface area contributed by atoms with Crippen molar-refractivity contribution in [3.8, 4) is 0 Å². The number of carbonyl (C=O) groups excluding carboxylic acids is 2. The smallest absolute Gasteiger partial charge is 0.234 e. The van der Waals surface area contributed by atoms with E-state index in [1.807, 2.05) is 0 Å². The molecule has 2 fully saturated rings. The van der Waals surface area contributed by atoms with Gasteiger partial charge in [-0.1, -0.05) is 27.2 Å². The Kier molecular flexibility index (Phi) is 3.18. The molecule has 0 aromatic carbocycles. The molecule has 2 aliphatic rings. The van der Waals surface area contributed by atoms with Crippen molar-refractivity contribution in [2.75, 3.05) is 6.54 Å². The fourth-order valence-corrected chi connectivity index (χ4v) is 3.90. The molecule has 2 rings (SSSR count). The Balaban J connectivity index is 0.000000386. The van der Waals surface area contributed by atoms with Crippen LogP contribution in [-0.4, -0.2) is 18.7 Å². The highest BCUT2D eigenvalue weighted by Crippen LogP contribution is 2.84. The minimum atomic E-state index is 0.317. The average molecular weight is 221 g/mol. The minimum absolute atomic E-state index is 0.317. The van der Waals surface area contributed by atoms with Crippen LogP contribution in [0.2, 0.25) is 0 Å². The Labute approximate surface area is 95.7 Å². The third-order valence-electron chi connectivity index (χ3n) is 5.26. The first-order valence-corrected chi connectivity index (χ1v) is 5.48. The van der Waals surface area contributed by atoms with Crippen molar-refractivity contribution < 1.29 is 9.59 Å². The lowest BCUT2D eigenvalue weighted by Crippen LogP contribution is -2.11. The number of aliphatic imine (C=N–C) groups is 1. The zero-order valence-corrected chi connectivity index (χ0v) is 10.0. The maximum absolute atomic E-state index is 10.1. The summed E-state index contributed by atoms with van der Waals surface area (Å²) in [4.78, 5) is 22.2. The molecule has 0 bridgehead atoms. The standard InChI is InChI=1S/C11H17NO.CNO/c1-9(2)10(3)5-4-6-11(9,10)7-12-8-13;2-1-3/h4-7H2,1-3H3;/q;-1. The SMILES string of the molecule is CC1(C)C2(C)CCCC12CN=C=O.[N-]=C=O. The second-order valence-electron chi connectivity index (χ2n) is 5.39. The second kappa shape index (κ2) is 3.97. The van der Waals surface area contributed by atoms with E-state index in [-0.39, 0.29) is 0 Å². The Hall–Kier alpha value is -1.24. The van der Waals surface area contributed by atoms with Crippen LogP contribution < -0.4 is 0 Å². The lowest BCUT2D eigenvalue weighted by Gasteiger charge is -2.15. The van der Waals surface area contributed by atoms with Crippen LogP contribution in [0.5, 0.6) is 0 Å². The highest BCUT2D eigenvalue weighted by molar-refractivity contribution is 5.37. The molecule has 2 saturated carbocycles. The Morgan fingerprint density at radius 1 is 1.25 bits per heavy atom. The highest BCUT2D eigenvalue weighted by Gasteiger charge is 2.80. The van der Waals surface area contributed by atoms with E-state index in [2.05, 4.69) is 25.8 Å². The van der Waals surface area contributed by atoms with Gasteiger partial charge in [0.05, 0.1) is 6.54 Å². The Morgan fingerprint density at radius 3 is 2.19 bits per heavy atom. The number of nitrogens with zero attached hydrogens (tertiary/aromatic N) is 2. The third kappa shape index (κ3) is 1.31. The molecule has 0 spiro atoms. The molecule has 4 nitrogen and oxygen atoms in total. The van der Waals surface area contributed by atoms with E-state index in [1.165, 1.54) is 19.3 Å². The summed E-state index contributed by atoms with van der Waals surface area (Å²) >= 11 is 0. The minimum Gasteiger partial charge on any atom is -0.724 e. The van der Waals surface area contributed by atoms with Crippen molar-refractivity contribution >= 4 is 12.2 Å². The van der Waals surface area contributed by atoms with Gasteiger partial charge in [0, 0.05) is 5.41 Å². The van der Waals surface area contributed by atoms with Gasteiger partial charge in [-0.05, 0) is 29.8 Å². The topological polar surface area (TPSA) is 68.8 Å². The molecular weight excluding hydrogens is 204 g/mol. The normalized spacial score (nSPS) is 37.2. The van der Waals surface area contributed by atoms with Crippen LogP contribution in [0.3, 0.4) is 0 Å². The van der Waals surface area contributed by atoms with Gasteiger partial charge in [0.1, 0.15) is 0 Å². The summed E-state index contributed by atoms with van der Waals surface area (Å²) in [5, 5.41) is 6.76. The van der Waals surface area contributed by atoms with Gasteiger partial charge in [-0.2, -0.15) is 0 Å². The van der Waals surface area contributed by atoms with E-state index < -0.39 is 0 Å². The molecule has 0 radical (unpaired) electrons. The van der Waals surface area contributed by atoms with Gasteiger partial charge in [0.15, 0.2) is 0 Å². The van der Waals surface area contributed by atoms with Crippen LogP contribution >= 0.6 is 0 Å².